The number of hydrogen-bond donors (Lipinski definition) is 2. The molecule has 0 aliphatic heterocycles. The molecule has 0 unspecified atom stereocenters. The van der Waals surface area contributed by atoms with Crippen LogP contribution in [0, 0.1) is 0 Å². The largest absolute Gasteiger partial charge is 0.482 e. The second kappa shape index (κ2) is 8.26. The lowest BCUT2D eigenvalue weighted by atomic mass is 9.87. The second-order valence-corrected chi connectivity index (χ2v) is 7.31. The highest BCUT2D eigenvalue weighted by atomic mass is 35.5. The van der Waals surface area contributed by atoms with Crippen molar-refractivity contribution < 1.29 is 9.53 Å². The van der Waals surface area contributed by atoms with Crippen LogP contribution in [0.2, 0.25) is 5.02 Å². The van der Waals surface area contributed by atoms with E-state index in [0.717, 1.165) is 16.8 Å². The first-order chi connectivity index (χ1) is 11.8. The molecule has 134 valence electrons. The lowest BCUT2D eigenvalue weighted by Gasteiger charge is -2.20. The second-order valence-electron chi connectivity index (χ2n) is 6.91. The van der Waals surface area contributed by atoms with Crippen molar-refractivity contribution in [3.05, 3.63) is 58.6 Å². The van der Waals surface area contributed by atoms with E-state index in [1.54, 1.807) is 0 Å². The van der Waals surface area contributed by atoms with Crippen LogP contribution in [-0.4, -0.2) is 19.6 Å². The van der Waals surface area contributed by atoms with E-state index in [1.807, 2.05) is 49.5 Å². The van der Waals surface area contributed by atoms with Gasteiger partial charge in [-0.25, -0.2) is 0 Å². The number of nitrogens with one attached hydrogen (secondary N) is 2. The van der Waals surface area contributed by atoms with Crippen molar-refractivity contribution in [1.82, 2.24) is 5.32 Å². The third-order valence-corrected chi connectivity index (χ3v) is 4.18. The predicted octanol–water partition coefficient (Wildman–Crippen LogP) is 4.37. The van der Waals surface area contributed by atoms with Gasteiger partial charge in [0.2, 0.25) is 0 Å². The molecule has 0 aliphatic carbocycles. The van der Waals surface area contributed by atoms with Gasteiger partial charge in [-0.3, -0.25) is 4.79 Å². The van der Waals surface area contributed by atoms with Crippen molar-refractivity contribution in [3.63, 3.8) is 0 Å². The fourth-order valence-electron chi connectivity index (χ4n) is 2.27. The highest BCUT2D eigenvalue weighted by Gasteiger charge is 2.15. The zero-order valence-electron chi connectivity index (χ0n) is 15.2. The Morgan fingerprint density at radius 1 is 1.12 bits per heavy atom. The van der Waals surface area contributed by atoms with Crippen LogP contribution in [0.25, 0.3) is 0 Å². The Morgan fingerprint density at radius 2 is 1.80 bits per heavy atom. The van der Waals surface area contributed by atoms with Crippen molar-refractivity contribution in [2.24, 2.45) is 0 Å². The Morgan fingerprint density at radius 3 is 2.36 bits per heavy atom. The van der Waals surface area contributed by atoms with Gasteiger partial charge in [0.25, 0.3) is 5.91 Å². The molecule has 0 spiro atoms. The molecule has 4 nitrogen and oxygen atoms in total. The SMILES string of the molecule is CNc1ccc(CNC(=O)COc2ccc(C(C)(C)C)cc2Cl)cc1. The Balaban J connectivity index is 1.85. The van der Waals surface area contributed by atoms with Crippen LogP contribution in [-0.2, 0) is 16.8 Å². The molecule has 0 saturated heterocycles. The molecule has 2 aromatic rings. The predicted molar refractivity (Wildman–Crippen MR) is 103 cm³/mol. The summed E-state index contributed by atoms with van der Waals surface area (Å²) in [6.45, 7) is 6.76. The number of halogens is 1. The summed E-state index contributed by atoms with van der Waals surface area (Å²) in [4.78, 5) is 12.0. The summed E-state index contributed by atoms with van der Waals surface area (Å²) in [5, 5.41) is 6.41. The minimum atomic E-state index is -0.186. The highest BCUT2D eigenvalue weighted by Crippen LogP contribution is 2.31. The van der Waals surface area contributed by atoms with Crippen LogP contribution < -0.4 is 15.4 Å². The van der Waals surface area contributed by atoms with Gasteiger partial charge in [-0.2, -0.15) is 0 Å². The van der Waals surface area contributed by atoms with Crippen LogP contribution in [0.4, 0.5) is 5.69 Å². The molecule has 0 aromatic heterocycles. The Hall–Kier alpha value is -2.20. The van der Waals surface area contributed by atoms with E-state index in [9.17, 15) is 4.79 Å². The third-order valence-electron chi connectivity index (χ3n) is 3.89. The monoisotopic (exact) mass is 360 g/mol. The highest BCUT2D eigenvalue weighted by molar-refractivity contribution is 6.32. The number of hydrogen-bond acceptors (Lipinski definition) is 3. The number of anilines is 1. The quantitative estimate of drug-likeness (QED) is 0.804. The van der Waals surface area contributed by atoms with E-state index in [0.29, 0.717) is 17.3 Å². The molecule has 0 aliphatic rings. The molecule has 2 N–H and O–H groups in total. The number of carbonyl (C=O) groups is 1. The summed E-state index contributed by atoms with van der Waals surface area (Å²) in [6, 6.07) is 13.5. The van der Waals surface area contributed by atoms with Gasteiger partial charge in [0.05, 0.1) is 5.02 Å². The summed E-state index contributed by atoms with van der Waals surface area (Å²) in [5.74, 6) is 0.330. The van der Waals surface area contributed by atoms with E-state index in [1.165, 1.54) is 0 Å². The van der Waals surface area contributed by atoms with Crippen LogP contribution >= 0.6 is 11.6 Å². The van der Waals surface area contributed by atoms with Gasteiger partial charge in [0.1, 0.15) is 5.75 Å². The summed E-state index contributed by atoms with van der Waals surface area (Å²) in [6.07, 6.45) is 0. The molecule has 0 heterocycles. The molecule has 0 bridgehead atoms. The molecule has 0 saturated carbocycles. The number of ether oxygens (including phenoxy) is 1. The minimum Gasteiger partial charge on any atom is -0.482 e. The molecule has 25 heavy (non-hydrogen) atoms. The minimum absolute atomic E-state index is 0.0163. The standard InChI is InChI=1S/C20H25ClN2O2/c1-20(2,3)15-7-10-18(17(21)11-15)25-13-19(24)23-12-14-5-8-16(22-4)9-6-14/h5-11,22H,12-13H2,1-4H3,(H,23,24). The van der Waals surface area contributed by atoms with Gasteiger partial charge in [-0.1, -0.05) is 50.6 Å². The average Bonchev–Trinajstić information content (AvgIpc) is 2.58. The third kappa shape index (κ3) is 5.68. The Labute approximate surface area is 154 Å². The average molecular weight is 361 g/mol. The van der Waals surface area contributed by atoms with Gasteiger partial charge in [0, 0.05) is 19.3 Å². The lowest BCUT2D eigenvalue weighted by molar-refractivity contribution is -0.123. The van der Waals surface area contributed by atoms with Crippen molar-refractivity contribution >= 4 is 23.2 Å². The number of carbonyl (C=O) groups excluding carboxylic acids is 1. The lowest BCUT2D eigenvalue weighted by Crippen LogP contribution is -2.28. The fourth-order valence-corrected chi connectivity index (χ4v) is 2.50. The molecule has 0 atom stereocenters. The first-order valence-corrected chi connectivity index (χ1v) is 8.63. The molecule has 1 amide bonds. The van der Waals surface area contributed by atoms with E-state index in [2.05, 4.69) is 31.4 Å². The maximum atomic E-state index is 12.0. The summed E-state index contributed by atoms with van der Waals surface area (Å²) < 4.78 is 5.54. The molecule has 0 fully saturated rings. The first kappa shape index (κ1) is 19.1. The molecule has 0 radical (unpaired) electrons. The van der Waals surface area contributed by atoms with Gasteiger partial charge in [0.15, 0.2) is 6.61 Å². The van der Waals surface area contributed by atoms with Gasteiger partial charge in [-0.05, 0) is 40.8 Å². The molecular formula is C20H25ClN2O2. The molecule has 5 heteroatoms. The van der Waals surface area contributed by atoms with Crippen LogP contribution in [0.15, 0.2) is 42.5 Å². The van der Waals surface area contributed by atoms with Gasteiger partial charge < -0.3 is 15.4 Å². The summed E-state index contributed by atoms with van der Waals surface area (Å²) >= 11 is 6.26. The van der Waals surface area contributed by atoms with Gasteiger partial charge >= 0.3 is 0 Å². The summed E-state index contributed by atoms with van der Waals surface area (Å²) in [7, 11) is 1.87. The normalized spacial score (nSPS) is 11.1. The zero-order chi connectivity index (χ0) is 18.4. The van der Waals surface area contributed by atoms with Crippen LogP contribution in [0.3, 0.4) is 0 Å². The smallest absolute Gasteiger partial charge is 0.258 e. The maximum absolute atomic E-state index is 12.0. The Kier molecular flexibility index (Phi) is 6.32. The molecule has 2 rings (SSSR count). The zero-order valence-corrected chi connectivity index (χ0v) is 15.9. The van der Waals surface area contributed by atoms with E-state index in [-0.39, 0.29) is 17.9 Å². The number of amides is 1. The summed E-state index contributed by atoms with van der Waals surface area (Å²) in [5.41, 5.74) is 3.20. The van der Waals surface area contributed by atoms with E-state index in [4.69, 9.17) is 16.3 Å². The molecular weight excluding hydrogens is 336 g/mol. The molecule has 2 aromatic carbocycles. The van der Waals surface area contributed by atoms with Crippen LogP contribution in [0.1, 0.15) is 31.9 Å². The topological polar surface area (TPSA) is 50.4 Å². The van der Waals surface area contributed by atoms with Crippen molar-refractivity contribution in [2.75, 3.05) is 19.0 Å². The fraction of sp³-hybridized carbons (Fsp3) is 0.350. The van der Waals surface area contributed by atoms with Crippen molar-refractivity contribution in [1.29, 1.82) is 0 Å². The number of benzene rings is 2. The number of rotatable bonds is 6. The van der Waals surface area contributed by atoms with Crippen molar-refractivity contribution in [3.8, 4) is 5.75 Å². The first-order valence-electron chi connectivity index (χ1n) is 8.26. The van der Waals surface area contributed by atoms with E-state index >= 15 is 0 Å². The Bertz CT molecular complexity index is 721. The van der Waals surface area contributed by atoms with Gasteiger partial charge in [-0.15, -0.1) is 0 Å². The van der Waals surface area contributed by atoms with E-state index < -0.39 is 0 Å². The maximum Gasteiger partial charge on any atom is 0.258 e. The van der Waals surface area contributed by atoms with Crippen LogP contribution in [0.5, 0.6) is 5.75 Å². The van der Waals surface area contributed by atoms with Crippen molar-refractivity contribution in [2.45, 2.75) is 32.7 Å².